The van der Waals surface area contributed by atoms with Crippen LogP contribution in [-0.4, -0.2) is 36.8 Å². The summed E-state index contributed by atoms with van der Waals surface area (Å²) in [5, 5.41) is 0. The van der Waals surface area contributed by atoms with E-state index in [9.17, 15) is 0 Å². The number of anilines is 1. The van der Waals surface area contributed by atoms with Gasteiger partial charge in [0.15, 0.2) is 0 Å². The van der Waals surface area contributed by atoms with Crippen LogP contribution in [0.3, 0.4) is 0 Å². The lowest BCUT2D eigenvalue weighted by atomic mass is 10.2. The Kier molecular flexibility index (Phi) is 5.97. The lowest BCUT2D eigenvalue weighted by Gasteiger charge is -2.23. The van der Waals surface area contributed by atoms with E-state index in [1.54, 1.807) is 7.11 Å². The van der Waals surface area contributed by atoms with E-state index in [1.165, 1.54) is 0 Å². The van der Waals surface area contributed by atoms with Gasteiger partial charge >= 0.3 is 0 Å². The molecular weight excluding hydrogens is 317 g/mol. The van der Waals surface area contributed by atoms with Crippen LogP contribution in [0, 0.1) is 9.49 Å². The molecule has 0 N–H and O–H groups in total. The molecule has 4 nitrogen and oxygen atoms in total. The Morgan fingerprint density at radius 1 is 1.38 bits per heavy atom. The summed E-state index contributed by atoms with van der Waals surface area (Å²) in [5.74, 6) is 1.37. The van der Waals surface area contributed by atoms with Crippen LogP contribution >= 0.6 is 22.6 Å². The van der Waals surface area contributed by atoms with Gasteiger partial charge in [0, 0.05) is 36.2 Å². The van der Waals surface area contributed by atoms with E-state index in [-0.39, 0.29) is 0 Å². The SMILES string of the molecule is COCCN(CC(C)C)c1ncc(I)cn1. The molecule has 1 aromatic rings. The summed E-state index contributed by atoms with van der Waals surface area (Å²) in [6, 6.07) is 0. The summed E-state index contributed by atoms with van der Waals surface area (Å²) in [7, 11) is 1.71. The molecule has 0 aliphatic heterocycles. The number of hydrogen-bond acceptors (Lipinski definition) is 4. The summed E-state index contributed by atoms with van der Waals surface area (Å²) in [4.78, 5) is 10.8. The monoisotopic (exact) mass is 335 g/mol. The molecule has 0 fully saturated rings. The molecule has 1 rings (SSSR count). The molecule has 0 atom stereocenters. The molecule has 0 unspecified atom stereocenters. The first-order valence-electron chi connectivity index (χ1n) is 5.35. The number of hydrogen-bond donors (Lipinski definition) is 0. The normalized spacial score (nSPS) is 10.8. The van der Waals surface area contributed by atoms with Gasteiger partial charge in [-0.05, 0) is 28.5 Å². The quantitative estimate of drug-likeness (QED) is 0.747. The Balaban J connectivity index is 2.70. The van der Waals surface area contributed by atoms with Crippen LogP contribution in [0.1, 0.15) is 13.8 Å². The fraction of sp³-hybridized carbons (Fsp3) is 0.636. The zero-order chi connectivity index (χ0) is 12.0. The largest absolute Gasteiger partial charge is 0.383 e. The van der Waals surface area contributed by atoms with Crippen molar-refractivity contribution in [2.75, 3.05) is 31.7 Å². The lowest BCUT2D eigenvalue weighted by molar-refractivity contribution is 0.204. The number of aromatic nitrogens is 2. The van der Waals surface area contributed by atoms with Crippen molar-refractivity contribution in [3.05, 3.63) is 16.0 Å². The van der Waals surface area contributed by atoms with E-state index in [4.69, 9.17) is 4.74 Å². The third-order valence-corrected chi connectivity index (χ3v) is 2.60. The van der Waals surface area contributed by atoms with Gasteiger partial charge in [-0.25, -0.2) is 9.97 Å². The predicted octanol–water partition coefficient (Wildman–Crippen LogP) is 2.19. The van der Waals surface area contributed by atoms with Crippen LogP contribution in [0.2, 0.25) is 0 Å². The maximum Gasteiger partial charge on any atom is 0.225 e. The molecular formula is C11H18IN3O. The summed E-state index contributed by atoms with van der Waals surface area (Å²) in [6.45, 7) is 6.85. The molecule has 16 heavy (non-hydrogen) atoms. The van der Waals surface area contributed by atoms with Crippen molar-refractivity contribution in [3.63, 3.8) is 0 Å². The lowest BCUT2D eigenvalue weighted by Crippen LogP contribution is -2.32. The van der Waals surface area contributed by atoms with Gasteiger partial charge in [0.2, 0.25) is 5.95 Å². The minimum Gasteiger partial charge on any atom is -0.383 e. The first-order valence-corrected chi connectivity index (χ1v) is 6.42. The summed E-state index contributed by atoms with van der Waals surface area (Å²) in [6.07, 6.45) is 3.67. The Hall–Kier alpha value is -0.430. The number of halogens is 1. The van der Waals surface area contributed by atoms with E-state index in [0.717, 1.165) is 22.6 Å². The topological polar surface area (TPSA) is 38.2 Å². The Morgan fingerprint density at radius 2 is 2.00 bits per heavy atom. The van der Waals surface area contributed by atoms with Gasteiger partial charge in [0.25, 0.3) is 0 Å². The van der Waals surface area contributed by atoms with Gasteiger partial charge in [-0.1, -0.05) is 13.8 Å². The van der Waals surface area contributed by atoms with Crippen LogP contribution in [0.4, 0.5) is 5.95 Å². The van der Waals surface area contributed by atoms with Crippen LogP contribution in [0.5, 0.6) is 0 Å². The van der Waals surface area contributed by atoms with Crippen LogP contribution in [0.25, 0.3) is 0 Å². The third kappa shape index (κ3) is 4.61. The zero-order valence-corrected chi connectivity index (χ0v) is 12.1. The van der Waals surface area contributed by atoms with E-state index in [0.29, 0.717) is 12.5 Å². The minimum absolute atomic E-state index is 0.583. The van der Waals surface area contributed by atoms with Gasteiger partial charge in [0.1, 0.15) is 0 Å². The summed E-state index contributed by atoms with van der Waals surface area (Å²) in [5.41, 5.74) is 0. The molecule has 0 aliphatic rings. The second-order valence-corrected chi connectivity index (χ2v) is 5.28. The molecule has 0 aliphatic carbocycles. The fourth-order valence-corrected chi connectivity index (χ4v) is 1.66. The van der Waals surface area contributed by atoms with Crippen LogP contribution in [0.15, 0.2) is 12.4 Å². The van der Waals surface area contributed by atoms with Gasteiger partial charge in [-0.15, -0.1) is 0 Å². The smallest absolute Gasteiger partial charge is 0.225 e. The van der Waals surface area contributed by atoms with Gasteiger partial charge in [0.05, 0.1) is 6.61 Å². The van der Waals surface area contributed by atoms with Crippen molar-refractivity contribution in [2.24, 2.45) is 5.92 Å². The van der Waals surface area contributed by atoms with E-state index in [1.807, 2.05) is 12.4 Å². The van der Waals surface area contributed by atoms with Crippen molar-refractivity contribution < 1.29 is 4.74 Å². The van der Waals surface area contributed by atoms with Crippen molar-refractivity contribution in [1.82, 2.24) is 9.97 Å². The first-order chi connectivity index (χ1) is 7.63. The minimum atomic E-state index is 0.583. The molecule has 1 aromatic heterocycles. The molecule has 0 aromatic carbocycles. The molecule has 90 valence electrons. The maximum atomic E-state index is 5.10. The molecule has 0 saturated heterocycles. The fourth-order valence-electron chi connectivity index (χ4n) is 1.38. The number of methoxy groups -OCH3 is 1. The predicted molar refractivity (Wildman–Crippen MR) is 73.7 cm³/mol. The van der Waals surface area contributed by atoms with Gasteiger partial charge in [-0.3, -0.25) is 0 Å². The van der Waals surface area contributed by atoms with Crippen molar-refractivity contribution >= 4 is 28.5 Å². The van der Waals surface area contributed by atoms with Crippen LogP contribution < -0.4 is 4.90 Å². The molecule has 5 heteroatoms. The van der Waals surface area contributed by atoms with Crippen molar-refractivity contribution in [1.29, 1.82) is 0 Å². The average molecular weight is 335 g/mol. The van der Waals surface area contributed by atoms with Crippen molar-refractivity contribution in [3.8, 4) is 0 Å². The van der Waals surface area contributed by atoms with E-state index in [2.05, 4.69) is 51.3 Å². The molecule has 0 spiro atoms. The standard InChI is InChI=1S/C11H18IN3O/c1-9(2)8-15(4-5-16-3)11-13-6-10(12)7-14-11/h6-7,9H,4-5,8H2,1-3H3. The van der Waals surface area contributed by atoms with Crippen molar-refractivity contribution in [2.45, 2.75) is 13.8 Å². The maximum absolute atomic E-state index is 5.10. The summed E-state index contributed by atoms with van der Waals surface area (Å²) < 4.78 is 6.15. The number of rotatable bonds is 6. The highest BCUT2D eigenvalue weighted by atomic mass is 127. The highest BCUT2D eigenvalue weighted by Gasteiger charge is 2.10. The highest BCUT2D eigenvalue weighted by molar-refractivity contribution is 14.1. The molecule has 0 saturated carbocycles. The second-order valence-electron chi connectivity index (χ2n) is 4.03. The Bertz CT molecular complexity index is 303. The van der Waals surface area contributed by atoms with Crippen LogP contribution in [-0.2, 0) is 4.74 Å². The Morgan fingerprint density at radius 3 is 2.50 bits per heavy atom. The molecule has 0 amide bonds. The highest BCUT2D eigenvalue weighted by Crippen LogP contribution is 2.10. The van der Waals surface area contributed by atoms with Gasteiger partial charge < -0.3 is 9.64 Å². The Labute approximate surface area is 111 Å². The number of ether oxygens (including phenoxy) is 1. The third-order valence-electron chi connectivity index (χ3n) is 2.04. The zero-order valence-electron chi connectivity index (χ0n) is 9.98. The molecule has 0 bridgehead atoms. The van der Waals surface area contributed by atoms with E-state index >= 15 is 0 Å². The number of nitrogens with zero attached hydrogens (tertiary/aromatic N) is 3. The molecule has 0 radical (unpaired) electrons. The summed E-state index contributed by atoms with van der Waals surface area (Å²) >= 11 is 2.21. The second kappa shape index (κ2) is 7.01. The van der Waals surface area contributed by atoms with Gasteiger partial charge in [-0.2, -0.15) is 0 Å². The first kappa shape index (κ1) is 13.6. The van der Waals surface area contributed by atoms with E-state index < -0.39 is 0 Å². The molecule has 1 heterocycles. The average Bonchev–Trinajstić information content (AvgIpc) is 2.25.